The maximum atomic E-state index is 13.7. The fourth-order valence-electron chi connectivity index (χ4n) is 3.50. The molecule has 22 heavy (non-hydrogen) atoms. The van der Waals surface area contributed by atoms with E-state index >= 15 is 0 Å². The van der Waals surface area contributed by atoms with E-state index in [0.29, 0.717) is 23.8 Å². The number of piperidine rings is 1. The third kappa shape index (κ3) is 3.47. The molecule has 1 aromatic carbocycles. The fraction of sp³-hybridized carbons (Fsp3) is 0.611. The summed E-state index contributed by atoms with van der Waals surface area (Å²) in [5, 5.41) is 0. The molecule has 120 valence electrons. The molecule has 4 heteroatoms. The maximum Gasteiger partial charge on any atom is 0.225 e. The van der Waals surface area contributed by atoms with Gasteiger partial charge in [-0.2, -0.15) is 0 Å². The Kier molecular flexibility index (Phi) is 4.74. The highest BCUT2D eigenvalue weighted by atomic mass is 19.1. The van der Waals surface area contributed by atoms with Gasteiger partial charge < -0.3 is 4.90 Å². The summed E-state index contributed by atoms with van der Waals surface area (Å²) >= 11 is 0. The van der Waals surface area contributed by atoms with Crippen LogP contribution in [0.15, 0.2) is 18.2 Å². The molecule has 0 N–H and O–H groups in total. The minimum absolute atomic E-state index is 0.258. The largest absolute Gasteiger partial charge is 0.342 e. The number of benzene rings is 1. The van der Waals surface area contributed by atoms with Crippen LogP contribution < -0.4 is 0 Å². The molecule has 2 fully saturated rings. The van der Waals surface area contributed by atoms with Gasteiger partial charge in [-0.25, -0.2) is 8.78 Å². The summed E-state index contributed by atoms with van der Waals surface area (Å²) in [5.41, 5.74) is 0.573. The van der Waals surface area contributed by atoms with Crippen molar-refractivity contribution in [3.63, 3.8) is 0 Å². The Hall–Kier alpha value is -1.45. The number of halogens is 2. The molecule has 2 nitrogen and oxygen atoms in total. The van der Waals surface area contributed by atoms with E-state index < -0.39 is 11.6 Å². The van der Waals surface area contributed by atoms with E-state index in [1.54, 1.807) is 0 Å². The van der Waals surface area contributed by atoms with Crippen molar-refractivity contribution in [3.05, 3.63) is 35.4 Å². The van der Waals surface area contributed by atoms with Crippen LogP contribution in [0.3, 0.4) is 0 Å². The van der Waals surface area contributed by atoms with E-state index in [4.69, 9.17) is 0 Å². The van der Waals surface area contributed by atoms with Crippen LogP contribution in [0, 0.1) is 23.5 Å². The topological polar surface area (TPSA) is 20.3 Å². The van der Waals surface area contributed by atoms with E-state index in [9.17, 15) is 13.6 Å². The molecule has 0 unspecified atom stereocenters. The maximum absolute atomic E-state index is 13.7. The van der Waals surface area contributed by atoms with Crippen molar-refractivity contribution in [1.82, 2.24) is 4.90 Å². The third-order valence-corrected chi connectivity index (χ3v) is 5.12. The van der Waals surface area contributed by atoms with Crippen molar-refractivity contribution in [2.24, 2.45) is 11.8 Å². The molecule has 3 rings (SSSR count). The fourth-order valence-corrected chi connectivity index (χ4v) is 3.50. The standard InChI is InChI=1S/C18H23F2NO/c19-16-9-8-14(17(20)11-16)7-6-13-3-2-10-21(12-13)18(22)15-4-1-5-15/h8-9,11,13,15H,1-7,10,12H2/t13-/m0/s1. The monoisotopic (exact) mass is 307 g/mol. The highest BCUT2D eigenvalue weighted by Gasteiger charge is 2.32. The number of carbonyl (C=O) groups is 1. The molecule has 1 aliphatic heterocycles. The lowest BCUT2D eigenvalue weighted by Crippen LogP contribution is -2.44. The van der Waals surface area contributed by atoms with Gasteiger partial charge in [0.05, 0.1) is 0 Å². The molecule has 1 aromatic rings. The van der Waals surface area contributed by atoms with Gasteiger partial charge >= 0.3 is 0 Å². The first-order chi connectivity index (χ1) is 10.6. The van der Waals surface area contributed by atoms with Crippen molar-refractivity contribution in [3.8, 4) is 0 Å². The van der Waals surface area contributed by atoms with E-state index in [1.807, 2.05) is 4.90 Å². The molecular weight excluding hydrogens is 284 g/mol. The Labute approximate surface area is 130 Å². The first-order valence-corrected chi connectivity index (χ1v) is 8.36. The molecule has 1 atom stereocenters. The molecular formula is C18H23F2NO. The van der Waals surface area contributed by atoms with E-state index in [0.717, 1.165) is 51.3 Å². The van der Waals surface area contributed by atoms with Crippen LogP contribution in [0.1, 0.15) is 44.1 Å². The number of hydrogen-bond donors (Lipinski definition) is 0. The number of carbonyl (C=O) groups excluding carboxylic acids is 1. The lowest BCUT2D eigenvalue weighted by atomic mass is 9.83. The summed E-state index contributed by atoms with van der Waals surface area (Å²) in [6.45, 7) is 1.68. The first-order valence-electron chi connectivity index (χ1n) is 8.36. The lowest BCUT2D eigenvalue weighted by Gasteiger charge is -2.37. The van der Waals surface area contributed by atoms with Gasteiger partial charge in [0.15, 0.2) is 0 Å². The van der Waals surface area contributed by atoms with Gasteiger partial charge in [-0.1, -0.05) is 12.5 Å². The molecule has 0 radical (unpaired) electrons. The number of amides is 1. The minimum Gasteiger partial charge on any atom is -0.342 e. The Balaban J connectivity index is 1.52. The van der Waals surface area contributed by atoms with Crippen LogP contribution in [-0.2, 0) is 11.2 Å². The zero-order chi connectivity index (χ0) is 15.5. The van der Waals surface area contributed by atoms with Gasteiger partial charge in [0.25, 0.3) is 0 Å². The second kappa shape index (κ2) is 6.76. The van der Waals surface area contributed by atoms with Gasteiger partial charge in [0, 0.05) is 25.1 Å². The molecule has 1 saturated carbocycles. The smallest absolute Gasteiger partial charge is 0.225 e. The van der Waals surface area contributed by atoms with E-state index in [1.165, 1.54) is 18.6 Å². The van der Waals surface area contributed by atoms with Gasteiger partial charge in [-0.15, -0.1) is 0 Å². The van der Waals surface area contributed by atoms with Gasteiger partial charge in [0.2, 0.25) is 5.91 Å². The Bertz CT molecular complexity index is 542. The van der Waals surface area contributed by atoms with Crippen molar-refractivity contribution < 1.29 is 13.6 Å². The summed E-state index contributed by atoms with van der Waals surface area (Å²) in [4.78, 5) is 14.3. The molecule has 1 heterocycles. The average Bonchev–Trinajstić information content (AvgIpc) is 2.45. The summed E-state index contributed by atoms with van der Waals surface area (Å²) in [5.74, 6) is 0.0221. The quantitative estimate of drug-likeness (QED) is 0.825. The summed E-state index contributed by atoms with van der Waals surface area (Å²) in [6, 6.07) is 3.79. The summed E-state index contributed by atoms with van der Waals surface area (Å²) in [6.07, 6.45) is 6.87. The molecule has 0 spiro atoms. The van der Waals surface area contributed by atoms with E-state index in [-0.39, 0.29) is 5.92 Å². The highest BCUT2D eigenvalue weighted by Crippen LogP contribution is 2.31. The third-order valence-electron chi connectivity index (χ3n) is 5.12. The van der Waals surface area contributed by atoms with Crippen molar-refractivity contribution in [2.75, 3.05) is 13.1 Å². The Morgan fingerprint density at radius 1 is 1.18 bits per heavy atom. The van der Waals surface area contributed by atoms with Gasteiger partial charge in [-0.05, 0) is 56.1 Å². The molecule has 2 aliphatic rings. The van der Waals surface area contributed by atoms with Crippen LogP contribution in [0.5, 0.6) is 0 Å². The molecule has 1 amide bonds. The molecule has 0 aromatic heterocycles. The van der Waals surface area contributed by atoms with Crippen LogP contribution in [0.4, 0.5) is 8.78 Å². The summed E-state index contributed by atoms with van der Waals surface area (Å²) in [7, 11) is 0. The molecule has 1 saturated heterocycles. The Morgan fingerprint density at radius 3 is 2.68 bits per heavy atom. The predicted molar refractivity (Wildman–Crippen MR) is 81.3 cm³/mol. The lowest BCUT2D eigenvalue weighted by molar-refractivity contribution is -0.140. The predicted octanol–water partition coefficient (Wildman–Crippen LogP) is 3.94. The number of hydrogen-bond acceptors (Lipinski definition) is 1. The van der Waals surface area contributed by atoms with Crippen LogP contribution in [-0.4, -0.2) is 23.9 Å². The number of aryl methyl sites for hydroxylation is 1. The zero-order valence-electron chi connectivity index (χ0n) is 12.9. The number of likely N-dealkylation sites (tertiary alicyclic amines) is 1. The van der Waals surface area contributed by atoms with Crippen LogP contribution in [0.2, 0.25) is 0 Å². The minimum atomic E-state index is -0.531. The average molecular weight is 307 g/mol. The SMILES string of the molecule is O=C(C1CCC1)N1CCC[C@@H](CCc2ccc(F)cc2F)C1. The van der Waals surface area contributed by atoms with Crippen molar-refractivity contribution in [1.29, 1.82) is 0 Å². The number of nitrogens with zero attached hydrogens (tertiary/aromatic N) is 1. The zero-order valence-corrected chi connectivity index (χ0v) is 12.9. The highest BCUT2D eigenvalue weighted by molar-refractivity contribution is 5.79. The van der Waals surface area contributed by atoms with E-state index in [2.05, 4.69) is 0 Å². The van der Waals surface area contributed by atoms with Crippen molar-refractivity contribution >= 4 is 5.91 Å². The molecule has 1 aliphatic carbocycles. The summed E-state index contributed by atoms with van der Waals surface area (Å²) < 4.78 is 26.6. The second-order valence-electron chi connectivity index (χ2n) is 6.69. The van der Waals surface area contributed by atoms with Crippen LogP contribution in [0.25, 0.3) is 0 Å². The second-order valence-corrected chi connectivity index (χ2v) is 6.69. The number of rotatable bonds is 4. The Morgan fingerprint density at radius 2 is 2.00 bits per heavy atom. The van der Waals surface area contributed by atoms with Crippen LogP contribution >= 0.6 is 0 Å². The van der Waals surface area contributed by atoms with Crippen molar-refractivity contribution in [2.45, 2.75) is 44.9 Å². The molecule has 0 bridgehead atoms. The van der Waals surface area contributed by atoms with Gasteiger partial charge in [0.1, 0.15) is 11.6 Å². The normalized spacial score (nSPS) is 22.5. The first kappa shape index (κ1) is 15.4. The van der Waals surface area contributed by atoms with Gasteiger partial charge in [-0.3, -0.25) is 4.79 Å².